The highest BCUT2D eigenvalue weighted by Crippen LogP contribution is 2.11. The van der Waals surface area contributed by atoms with Gasteiger partial charge in [0.15, 0.2) is 0 Å². The van der Waals surface area contributed by atoms with E-state index >= 15 is 0 Å². The van der Waals surface area contributed by atoms with Crippen molar-refractivity contribution in [3.63, 3.8) is 0 Å². The molecule has 2 N–H and O–H groups in total. The van der Waals surface area contributed by atoms with Gasteiger partial charge in [-0.15, -0.1) is 0 Å². The van der Waals surface area contributed by atoms with Crippen molar-refractivity contribution in [3.05, 3.63) is 11.8 Å². The number of carboxylic acids is 1. The first kappa shape index (κ1) is 13.2. The molecule has 0 unspecified atom stereocenters. The Hall–Kier alpha value is -1.85. The lowest BCUT2D eigenvalue weighted by Gasteiger charge is -2.06. The molecule has 1 aromatic heterocycles. The summed E-state index contributed by atoms with van der Waals surface area (Å²) in [5.74, 6) is -0.650. The molecule has 1 aromatic rings. The molecule has 0 saturated heterocycles. The average molecular weight is 239 g/mol. The highest BCUT2D eigenvalue weighted by molar-refractivity contribution is 5.91. The molecule has 6 heteroatoms. The van der Waals surface area contributed by atoms with Crippen LogP contribution in [0.15, 0.2) is 6.07 Å². The lowest BCUT2D eigenvalue weighted by Crippen LogP contribution is -2.16. The minimum Gasteiger partial charge on any atom is -0.481 e. The van der Waals surface area contributed by atoms with Gasteiger partial charge < -0.3 is 10.4 Å². The molecular formula is C11H17N3O3. The van der Waals surface area contributed by atoms with Crippen LogP contribution in [0.4, 0.5) is 5.82 Å². The Labute approximate surface area is 99.6 Å². The Morgan fingerprint density at radius 2 is 2.18 bits per heavy atom. The van der Waals surface area contributed by atoms with E-state index in [2.05, 4.69) is 10.4 Å². The van der Waals surface area contributed by atoms with E-state index in [4.69, 9.17) is 5.11 Å². The van der Waals surface area contributed by atoms with E-state index < -0.39 is 5.97 Å². The van der Waals surface area contributed by atoms with Crippen molar-refractivity contribution in [1.82, 2.24) is 9.78 Å². The maximum Gasteiger partial charge on any atom is 0.303 e. The van der Waals surface area contributed by atoms with Crippen LogP contribution in [0.25, 0.3) is 0 Å². The molecule has 0 radical (unpaired) electrons. The number of anilines is 1. The summed E-state index contributed by atoms with van der Waals surface area (Å²) in [6, 6.07) is 1.77. The topological polar surface area (TPSA) is 84.2 Å². The van der Waals surface area contributed by atoms with Gasteiger partial charge in [0, 0.05) is 19.0 Å². The number of carboxylic acid groups (broad SMARTS) is 1. The summed E-state index contributed by atoms with van der Waals surface area (Å²) < 4.78 is 1.72. The van der Waals surface area contributed by atoms with Crippen molar-refractivity contribution >= 4 is 17.7 Å². The number of amides is 1. The van der Waals surface area contributed by atoms with Crippen LogP contribution in [0.1, 0.15) is 31.9 Å². The normalized spacial score (nSPS) is 10.2. The second-order valence-corrected chi connectivity index (χ2v) is 3.84. The third-order valence-corrected chi connectivity index (χ3v) is 2.17. The second-order valence-electron chi connectivity index (χ2n) is 3.84. The van der Waals surface area contributed by atoms with Crippen LogP contribution in [0.3, 0.4) is 0 Å². The summed E-state index contributed by atoms with van der Waals surface area (Å²) in [5, 5.41) is 15.4. The average Bonchev–Trinajstić information content (AvgIpc) is 2.57. The van der Waals surface area contributed by atoms with E-state index in [-0.39, 0.29) is 18.7 Å². The van der Waals surface area contributed by atoms with Crippen LogP contribution in [0.2, 0.25) is 0 Å². The van der Waals surface area contributed by atoms with Gasteiger partial charge in [-0.25, -0.2) is 4.68 Å². The zero-order valence-electron chi connectivity index (χ0n) is 10.1. The molecule has 0 bridgehead atoms. The largest absolute Gasteiger partial charge is 0.481 e. The van der Waals surface area contributed by atoms with Crippen molar-refractivity contribution in [1.29, 1.82) is 0 Å². The minimum atomic E-state index is -0.974. The molecule has 1 rings (SSSR count). The Kier molecular flexibility index (Phi) is 4.68. The summed E-state index contributed by atoms with van der Waals surface area (Å²) in [6.45, 7) is 4.59. The smallest absolute Gasteiger partial charge is 0.303 e. The first-order valence-electron chi connectivity index (χ1n) is 5.59. The molecule has 0 aliphatic carbocycles. The molecular weight excluding hydrogens is 222 g/mol. The monoisotopic (exact) mass is 239 g/mol. The van der Waals surface area contributed by atoms with Crippen molar-refractivity contribution in [2.24, 2.45) is 0 Å². The van der Waals surface area contributed by atoms with E-state index in [0.717, 1.165) is 18.7 Å². The summed E-state index contributed by atoms with van der Waals surface area (Å²) in [7, 11) is 0. The van der Waals surface area contributed by atoms with Crippen molar-refractivity contribution in [3.8, 4) is 0 Å². The SMILES string of the molecule is CCCn1nc(C)cc1NC(=O)CCC(=O)O. The van der Waals surface area contributed by atoms with Crippen LogP contribution >= 0.6 is 0 Å². The van der Waals surface area contributed by atoms with Crippen molar-refractivity contribution < 1.29 is 14.7 Å². The highest BCUT2D eigenvalue weighted by atomic mass is 16.4. The fourth-order valence-electron chi connectivity index (χ4n) is 1.45. The molecule has 0 aliphatic rings. The third-order valence-electron chi connectivity index (χ3n) is 2.17. The Morgan fingerprint density at radius 3 is 2.76 bits per heavy atom. The fraction of sp³-hybridized carbons (Fsp3) is 0.545. The standard InChI is InChI=1S/C11H17N3O3/c1-3-6-14-9(7-8(2)13-14)12-10(15)4-5-11(16)17/h7H,3-6H2,1-2H3,(H,12,15)(H,16,17). The molecule has 0 saturated carbocycles. The van der Waals surface area contributed by atoms with Crippen LogP contribution in [-0.4, -0.2) is 26.8 Å². The first-order valence-corrected chi connectivity index (χ1v) is 5.59. The number of nitrogens with zero attached hydrogens (tertiary/aromatic N) is 2. The van der Waals surface area contributed by atoms with E-state index in [1.54, 1.807) is 10.7 Å². The number of hydrogen-bond donors (Lipinski definition) is 2. The van der Waals surface area contributed by atoms with Gasteiger partial charge in [0.25, 0.3) is 0 Å². The zero-order valence-corrected chi connectivity index (χ0v) is 10.1. The number of carbonyl (C=O) groups is 2. The lowest BCUT2D eigenvalue weighted by molar-refractivity contribution is -0.138. The molecule has 0 aliphatic heterocycles. The lowest BCUT2D eigenvalue weighted by atomic mass is 10.3. The van der Waals surface area contributed by atoms with Gasteiger partial charge in [0.05, 0.1) is 12.1 Å². The summed E-state index contributed by atoms with van der Waals surface area (Å²) in [6.07, 6.45) is 0.734. The second kappa shape index (κ2) is 6.03. The molecule has 6 nitrogen and oxygen atoms in total. The number of aliphatic carboxylic acids is 1. The number of hydrogen-bond acceptors (Lipinski definition) is 3. The van der Waals surface area contributed by atoms with Gasteiger partial charge in [-0.3, -0.25) is 9.59 Å². The maximum absolute atomic E-state index is 11.5. The molecule has 1 amide bonds. The Balaban J connectivity index is 2.60. The molecule has 0 fully saturated rings. The number of aryl methyl sites for hydroxylation is 2. The molecule has 94 valence electrons. The van der Waals surface area contributed by atoms with Crippen molar-refractivity contribution in [2.45, 2.75) is 39.7 Å². The maximum atomic E-state index is 11.5. The van der Waals surface area contributed by atoms with E-state index in [1.165, 1.54) is 0 Å². The fourth-order valence-corrected chi connectivity index (χ4v) is 1.45. The van der Waals surface area contributed by atoms with E-state index in [0.29, 0.717) is 5.82 Å². The van der Waals surface area contributed by atoms with Crippen LogP contribution < -0.4 is 5.32 Å². The highest BCUT2D eigenvalue weighted by Gasteiger charge is 2.10. The van der Waals surface area contributed by atoms with Crippen molar-refractivity contribution in [2.75, 3.05) is 5.32 Å². The first-order chi connectivity index (χ1) is 8.02. The predicted octanol–water partition coefficient (Wildman–Crippen LogP) is 1.40. The van der Waals surface area contributed by atoms with E-state index in [1.807, 2.05) is 13.8 Å². The molecule has 0 aromatic carbocycles. The quantitative estimate of drug-likeness (QED) is 0.786. The Morgan fingerprint density at radius 1 is 1.47 bits per heavy atom. The number of rotatable bonds is 6. The summed E-state index contributed by atoms with van der Waals surface area (Å²) >= 11 is 0. The molecule has 0 atom stereocenters. The molecule has 1 heterocycles. The van der Waals surface area contributed by atoms with Crippen LogP contribution in [0, 0.1) is 6.92 Å². The minimum absolute atomic E-state index is 0.0221. The Bertz CT molecular complexity index is 412. The van der Waals surface area contributed by atoms with Gasteiger partial charge in [-0.1, -0.05) is 6.92 Å². The van der Waals surface area contributed by atoms with Crippen LogP contribution in [0.5, 0.6) is 0 Å². The molecule has 17 heavy (non-hydrogen) atoms. The third kappa shape index (κ3) is 4.26. The van der Waals surface area contributed by atoms with Gasteiger partial charge in [-0.2, -0.15) is 5.10 Å². The molecule has 0 spiro atoms. The summed E-state index contributed by atoms with van der Waals surface area (Å²) in [5.41, 5.74) is 0.826. The summed E-state index contributed by atoms with van der Waals surface area (Å²) in [4.78, 5) is 21.8. The van der Waals surface area contributed by atoms with Gasteiger partial charge in [0.2, 0.25) is 5.91 Å². The number of aromatic nitrogens is 2. The van der Waals surface area contributed by atoms with E-state index in [9.17, 15) is 9.59 Å². The van der Waals surface area contributed by atoms with Gasteiger partial charge in [0.1, 0.15) is 5.82 Å². The van der Waals surface area contributed by atoms with Gasteiger partial charge in [-0.05, 0) is 13.3 Å². The number of carbonyl (C=O) groups excluding carboxylic acids is 1. The predicted molar refractivity (Wildman–Crippen MR) is 62.8 cm³/mol. The van der Waals surface area contributed by atoms with Gasteiger partial charge >= 0.3 is 5.97 Å². The number of nitrogens with one attached hydrogen (secondary N) is 1. The zero-order chi connectivity index (χ0) is 12.8. The van der Waals surface area contributed by atoms with Crippen LogP contribution in [-0.2, 0) is 16.1 Å².